The summed E-state index contributed by atoms with van der Waals surface area (Å²) in [5, 5.41) is 15.3. The highest BCUT2D eigenvalue weighted by atomic mass is 31.1. The zero-order chi connectivity index (χ0) is 9.78. The normalized spacial score (nSPS) is 15.4. The summed E-state index contributed by atoms with van der Waals surface area (Å²) in [6.07, 6.45) is -0.594. The predicted octanol–water partition coefficient (Wildman–Crippen LogP) is 0.986. The summed E-state index contributed by atoms with van der Waals surface area (Å²) in [5.74, 6) is -2.60. The van der Waals surface area contributed by atoms with Gasteiger partial charge in [0.25, 0.3) is 0 Å². The van der Waals surface area contributed by atoms with Crippen LogP contribution in [0, 0.1) is 0 Å². The Morgan fingerprint density at radius 1 is 1.42 bits per heavy atom. The fraction of sp³-hybridized carbons (Fsp3) is 0.667. The average Bonchev–Trinajstić information content (AvgIpc) is 1.99. The lowest BCUT2D eigenvalue weighted by atomic mass is 10.0. The van der Waals surface area contributed by atoms with Crippen molar-refractivity contribution in [2.24, 2.45) is 0 Å². The monoisotopic (exact) mass is 192 g/mol. The van der Waals surface area contributed by atoms with E-state index < -0.39 is 32.0 Å². The second-order valence-electron chi connectivity index (χ2n) is 2.35. The van der Waals surface area contributed by atoms with Gasteiger partial charge in [-0.25, -0.2) is 0 Å². The van der Waals surface area contributed by atoms with E-state index in [2.05, 4.69) is 0 Å². The van der Waals surface area contributed by atoms with Crippen molar-refractivity contribution >= 4 is 20.4 Å². The van der Waals surface area contributed by atoms with Crippen LogP contribution >= 0.6 is 8.46 Å². The summed E-state index contributed by atoms with van der Waals surface area (Å²) >= 11 is 0. The minimum Gasteiger partial charge on any atom is -0.481 e. The SMILES string of the molecule is CCC(CC(=O)O)(P=O)C(=O)O. The highest BCUT2D eigenvalue weighted by Crippen LogP contribution is 2.31. The summed E-state index contributed by atoms with van der Waals surface area (Å²) in [6.45, 7) is 1.49. The van der Waals surface area contributed by atoms with Crippen LogP contribution in [0.3, 0.4) is 0 Å². The van der Waals surface area contributed by atoms with Crippen LogP contribution in [0.15, 0.2) is 0 Å². The van der Waals surface area contributed by atoms with Gasteiger partial charge in [-0.3, -0.25) is 14.2 Å². The number of hydrogen-bond donors (Lipinski definition) is 2. The molecule has 0 aliphatic carbocycles. The Morgan fingerprint density at radius 2 is 1.92 bits per heavy atom. The van der Waals surface area contributed by atoms with Crippen LogP contribution in [-0.2, 0) is 14.2 Å². The third kappa shape index (κ3) is 2.27. The van der Waals surface area contributed by atoms with Crippen LogP contribution in [0.1, 0.15) is 19.8 Å². The zero-order valence-electron chi connectivity index (χ0n) is 6.48. The number of aliphatic carboxylic acids is 2. The Morgan fingerprint density at radius 3 is 2.00 bits per heavy atom. The van der Waals surface area contributed by atoms with Gasteiger partial charge in [-0.1, -0.05) is 6.92 Å². The van der Waals surface area contributed by atoms with Gasteiger partial charge in [0.1, 0.15) is 0 Å². The Balaban J connectivity index is 4.69. The number of carboxylic acids is 2. The second kappa shape index (κ2) is 4.16. The molecule has 0 heterocycles. The highest BCUT2D eigenvalue weighted by molar-refractivity contribution is 7.27. The van der Waals surface area contributed by atoms with Crippen molar-refractivity contribution < 1.29 is 24.4 Å². The molecule has 0 aliphatic heterocycles. The quantitative estimate of drug-likeness (QED) is 0.633. The first-order chi connectivity index (χ1) is 5.48. The van der Waals surface area contributed by atoms with Crippen LogP contribution in [-0.4, -0.2) is 27.3 Å². The van der Waals surface area contributed by atoms with Crippen molar-refractivity contribution in [1.82, 2.24) is 0 Å². The van der Waals surface area contributed by atoms with Crippen molar-refractivity contribution in [2.75, 3.05) is 0 Å². The zero-order valence-corrected chi connectivity index (χ0v) is 7.38. The van der Waals surface area contributed by atoms with Crippen molar-refractivity contribution in [3.05, 3.63) is 0 Å². The lowest BCUT2D eigenvalue weighted by Crippen LogP contribution is -2.34. The maximum absolute atomic E-state index is 10.5. The fourth-order valence-electron chi connectivity index (χ4n) is 0.738. The summed E-state index contributed by atoms with van der Waals surface area (Å²) < 4.78 is 10.5. The molecule has 0 aliphatic rings. The Kier molecular flexibility index (Phi) is 3.83. The molecule has 0 bridgehead atoms. The van der Waals surface area contributed by atoms with E-state index in [0.717, 1.165) is 0 Å². The molecule has 0 saturated carbocycles. The molecular formula is C6H9O5P. The van der Waals surface area contributed by atoms with Gasteiger partial charge in [0, 0.05) is 0 Å². The van der Waals surface area contributed by atoms with Crippen LogP contribution in [0.25, 0.3) is 0 Å². The molecule has 2 N–H and O–H groups in total. The molecule has 12 heavy (non-hydrogen) atoms. The van der Waals surface area contributed by atoms with Crippen LogP contribution in [0.5, 0.6) is 0 Å². The van der Waals surface area contributed by atoms with Gasteiger partial charge >= 0.3 is 11.9 Å². The molecule has 0 aromatic carbocycles. The Labute approximate surface area is 70.6 Å². The molecule has 0 radical (unpaired) electrons. The molecular weight excluding hydrogens is 183 g/mol. The van der Waals surface area contributed by atoms with Crippen molar-refractivity contribution in [3.63, 3.8) is 0 Å². The molecule has 0 rings (SSSR count). The van der Waals surface area contributed by atoms with Gasteiger partial charge in [0.05, 0.1) is 6.42 Å². The van der Waals surface area contributed by atoms with Gasteiger partial charge in [-0.05, 0) is 6.42 Å². The van der Waals surface area contributed by atoms with E-state index in [1.54, 1.807) is 0 Å². The fourth-order valence-corrected chi connectivity index (χ4v) is 1.14. The number of rotatable bonds is 5. The first-order valence-corrected chi connectivity index (χ1v) is 4.09. The first kappa shape index (κ1) is 11.0. The molecule has 5 nitrogen and oxygen atoms in total. The summed E-state index contributed by atoms with van der Waals surface area (Å²) in [4.78, 5) is 20.8. The lowest BCUT2D eigenvalue weighted by Gasteiger charge is -2.16. The van der Waals surface area contributed by atoms with E-state index in [1.807, 2.05) is 0 Å². The van der Waals surface area contributed by atoms with Crippen molar-refractivity contribution in [3.8, 4) is 0 Å². The average molecular weight is 192 g/mol. The van der Waals surface area contributed by atoms with E-state index in [4.69, 9.17) is 10.2 Å². The lowest BCUT2D eigenvalue weighted by molar-refractivity contribution is -0.146. The topological polar surface area (TPSA) is 91.7 Å². The summed E-state index contributed by atoms with van der Waals surface area (Å²) in [5.41, 5.74) is 0. The summed E-state index contributed by atoms with van der Waals surface area (Å²) in [7, 11) is -0.657. The van der Waals surface area contributed by atoms with E-state index in [1.165, 1.54) is 6.92 Å². The molecule has 0 saturated heterocycles. The largest absolute Gasteiger partial charge is 0.481 e. The van der Waals surface area contributed by atoms with Crippen molar-refractivity contribution in [2.45, 2.75) is 24.9 Å². The van der Waals surface area contributed by atoms with Gasteiger partial charge in [0.15, 0.2) is 13.6 Å². The maximum Gasteiger partial charge on any atom is 0.322 e. The molecule has 6 heteroatoms. The smallest absolute Gasteiger partial charge is 0.322 e. The van der Waals surface area contributed by atoms with Gasteiger partial charge < -0.3 is 10.2 Å². The second-order valence-corrected chi connectivity index (χ2v) is 3.39. The maximum atomic E-state index is 10.5. The Bertz CT molecular complexity index is 214. The standard InChI is InChI=1S/C6H9O5P/c1-2-6(12-11,5(9)10)3-4(7)8/h2-3H2,1H3,(H,7,8)(H,9,10). The van der Waals surface area contributed by atoms with E-state index >= 15 is 0 Å². The van der Waals surface area contributed by atoms with E-state index in [-0.39, 0.29) is 6.42 Å². The number of hydrogen-bond acceptors (Lipinski definition) is 3. The van der Waals surface area contributed by atoms with Crippen molar-refractivity contribution in [1.29, 1.82) is 0 Å². The molecule has 0 aromatic heterocycles. The summed E-state index contributed by atoms with van der Waals surface area (Å²) in [6, 6.07) is 0. The molecule has 68 valence electrons. The molecule has 0 aromatic rings. The molecule has 0 amide bonds. The molecule has 0 spiro atoms. The number of carboxylic acid groups (broad SMARTS) is 2. The first-order valence-electron chi connectivity index (χ1n) is 3.28. The van der Waals surface area contributed by atoms with Gasteiger partial charge in [-0.2, -0.15) is 0 Å². The molecule has 1 unspecified atom stereocenters. The van der Waals surface area contributed by atoms with Gasteiger partial charge in [-0.15, -0.1) is 0 Å². The predicted molar refractivity (Wildman–Crippen MR) is 40.5 cm³/mol. The van der Waals surface area contributed by atoms with Crippen LogP contribution in [0.4, 0.5) is 0 Å². The molecule has 1 atom stereocenters. The highest BCUT2D eigenvalue weighted by Gasteiger charge is 2.40. The third-order valence-corrected chi connectivity index (χ3v) is 2.62. The number of carbonyl (C=O) groups is 2. The van der Waals surface area contributed by atoms with Crippen LogP contribution in [0.2, 0.25) is 0 Å². The van der Waals surface area contributed by atoms with Crippen LogP contribution < -0.4 is 0 Å². The van der Waals surface area contributed by atoms with E-state index in [9.17, 15) is 14.2 Å². The minimum absolute atomic E-state index is 0.0275. The minimum atomic E-state index is -1.66. The Hall–Kier alpha value is -0.960. The van der Waals surface area contributed by atoms with E-state index in [0.29, 0.717) is 0 Å². The third-order valence-electron chi connectivity index (χ3n) is 1.60. The van der Waals surface area contributed by atoms with Gasteiger partial charge in [0.2, 0.25) is 0 Å². The molecule has 0 fully saturated rings.